The fraction of sp³-hybridized carbons (Fsp3) is 0.350. The number of rotatable bonds is 5. The van der Waals surface area contributed by atoms with Gasteiger partial charge in [0.25, 0.3) is 0 Å². The van der Waals surface area contributed by atoms with Crippen LogP contribution in [0.1, 0.15) is 36.0 Å². The Labute approximate surface area is 132 Å². The van der Waals surface area contributed by atoms with Crippen molar-refractivity contribution in [2.75, 3.05) is 6.54 Å². The third kappa shape index (κ3) is 3.06. The monoisotopic (exact) mass is 293 g/mol. The van der Waals surface area contributed by atoms with Crippen molar-refractivity contribution in [2.24, 2.45) is 0 Å². The molecule has 0 saturated heterocycles. The van der Waals surface area contributed by atoms with Crippen LogP contribution >= 0.6 is 0 Å². The second kappa shape index (κ2) is 6.35. The molecule has 1 aliphatic carbocycles. The first-order chi connectivity index (χ1) is 10.7. The average molecular weight is 293 g/mol. The summed E-state index contributed by atoms with van der Waals surface area (Å²) in [6, 6.07) is 18.7. The highest BCUT2D eigenvalue weighted by atomic mass is 16.1. The molecule has 3 rings (SSSR count). The van der Waals surface area contributed by atoms with E-state index in [1.54, 1.807) is 0 Å². The lowest BCUT2D eigenvalue weighted by molar-refractivity contribution is -0.120. The minimum atomic E-state index is 0.122. The zero-order valence-corrected chi connectivity index (χ0v) is 13.1. The molecular weight excluding hydrogens is 270 g/mol. The van der Waals surface area contributed by atoms with Crippen LogP contribution < -0.4 is 5.32 Å². The van der Waals surface area contributed by atoms with Gasteiger partial charge in [-0.1, -0.05) is 61.0 Å². The molecule has 0 atom stereocenters. The molecule has 1 amide bonds. The fourth-order valence-corrected chi connectivity index (χ4v) is 3.27. The number of amides is 1. The number of carbonyl (C=O) groups is 1. The van der Waals surface area contributed by atoms with Gasteiger partial charge in [0.2, 0.25) is 5.91 Å². The van der Waals surface area contributed by atoms with E-state index in [1.807, 2.05) is 24.3 Å². The summed E-state index contributed by atoms with van der Waals surface area (Å²) in [6.45, 7) is 2.81. The van der Waals surface area contributed by atoms with Crippen LogP contribution in [0.2, 0.25) is 0 Å². The van der Waals surface area contributed by atoms with E-state index in [0.717, 1.165) is 12.1 Å². The first-order valence-corrected chi connectivity index (χ1v) is 8.06. The van der Waals surface area contributed by atoms with Gasteiger partial charge in [0.1, 0.15) is 0 Å². The molecular formula is C20H23NO. The average Bonchev–Trinajstić information content (AvgIpc) is 2.50. The van der Waals surface area contributed by atoms with Crippen molar-refractivity contribution < 1.29 is 4.79 Å². The zero-order valence-electron chi connectivity index (χ0n) is 13.1. The van der Waals surface area contributed by atoms with Gasteiger partial charge >= 0.3 is 0 Å². The second-order valence-electron chi connectivity index (χ2n) is 6.38. The van der Waals surface area contributed by atoms with E-state index in [9.17, 15) is 4.79 Å². The van der Waals surface area contributed by atoms with Gasteiger partial charge in [-0.25, -0.2) is 0 Å². The Hall–Kier alpha value is -2.09. The molecule has 1 fully saturated rings. The molecule has 0 radical (unpaired) electrons. The molecule has 0 unspecified atom stereocenters. The molecule has 0 heterocycles. The van der Waals surface area contributed by atoms with Gasteiger partial charge in [0.15, 0.2) is 0 Å². The summed E-state index contributed by atoms with van der Waals surface area (Å²) in [5.41, 5.74) is 3.81. The molecule has 1 aliphatic rings. The molecule has 0 aliphatic heterocycles. The lowest BCUT2D eigenvalue weighted by Crippen LogP contribution is -2.45. The van der Waals surface area contributed by atoms with E-state index >= 15 is 0 Å². The molecule has 2 heteroatoms. The second-order valence-corrected chi connectivity index (χ2v) is 6.38. The first kappa shape index (κ1) is 14.8. The molecule has 2 aromatic carbocycles. The van der Waals surface area contributed by atoms with Crippen molar-refractivity contribution in [1.82, 2.24) is 5.32 Å². The number of aryl methyl sites for hydroxylation is 1. The highest BCUT2D eigenvalue weighted by Gasteiger charge is 2.38. The minimum Gasteiger partial charge on any atom is -0.355 e. The number of hydrogen-bond acceptors (Lipinski definition) is 1. The Kier molecular flexibility index (Phi) is 4.28. The summed E-state index contributed by atoms with van der Waals surface area (Å²) in [5, 5.41) is 3.16. The lowest BCUT2D eigenvalue weighted by atomic mass is 9.64. The molecule has 0 spiro atoms. The number of benzene rings is 2. The smallest absolute Gasteiger partial charge is 0.224 e. The first-order valence-electron chi connectivity index (χ1n) is 8.06. The molecule has 2 nitrogen and oxygen atoms in total. The highest BCUT2D eigenvalue weighted by Crippen LogP contribution is 2.43. The maximum absolute atomic E-state index is 12.3. The van der Waals surface area contributed by atoms with Crippen LogP contribution in [0, 0.1) is 6.92 Å². The standard InChI is InChI=1S/C20H23NO/c1-16-8-5-6-9-17(16)14-19(22)21-15-20(12-7-13-20)18-10-3-2-4-11-18/h2-6,8-11H,7,12-15H2,1H3,(H,21,22). The van der Waals surface area contributed by atoms with Crippen LogP contribution in [0.25, 0.3) is 0 Å². The van der Waals surface area contributed by atoms with E-state index < -0.39 is 0 Å². The van der Waals surface area contributed by atoms with Gasteiger partial charge in [-0.15, -0.1) is 0 Å². The highest BCUT2D eigenvalue weighted by molar-refractivity contribution is 5.79. The Morgan fingerprint density at radius 2 is 1.73 bits per heavy atom. The fourth-order valence-electron chi connectivity index (χ4n) is 3.27. The molecule has 1 N–H and O–H groups in total. The summed E-state index contributed by atoms with van der Waals surface area (Å²) in [7, 11) is 0. The van der Waals surface area contributed by atoms with Crippen molar-refractivity contribution in [3.05, 3.63) is 71.3 Å². The Morgan fingerprint density at radius 3 is 2.36 bits per heavy atom. The summed E-state index contributed by atoms with van der Waals surface area (Å²) in [5.74, 6) is 0.122. The lowest BCUT2D eigenvalue weighted by Gasteiger charge is -2.42. The largest absolute Gasteiger partial charge is 0.355 e. The van der Waals surface area contributed by atoms with E-state index in [2.05, 4.69) is 42.6 Å². The van der Waals surface area contributed by atoms with Crippen LogP contribution in [0.15, 0.2) is 54.6 Å². The predicted octanol–water partition coefficient (Wildman–Crippen LogP) is 3.78. The number of hydrogen-bond donors (Lipinski definition) is 1. The van der Waals surface area contributed by atoms with Crippen molar-refractivity contribution in [3.63, 3.8) is 0 Å². The van der Waals surface area contributed by atoms with Crippen LogP contribution in [-0.4, -0.2) is 12.5 Å². The van der Waals surface area contributed by atoms with Gasteiger partial charge in [-0.05, 0) is 36.5 Å². The predicted molar refractivity (Wildman–Crippen MR) is 89.9 cm³/mol. The third-order valence-corrected chi connectivity index (χ3v) is 4.93. The van der Waals surface area contributed by atoms with Crippen LogP contribution in [0.3, 0.4) is 0 Å². The number of nitrogens with one attached hydrogen (secondary N) is 1. The summed E-state index contributed by atoms with van der Waals surface area (Å²) in [4.78, 5) is 12.3. The SMILES string of the molecule is Cc1ccccc1CC(=O)NCC1(c2ccccc2)CCC1. The third-order valence-electron chi connectivity index (χ3n) is 4.93. The normalized spacial score (nSPS) is 15.9. The van der Waals surface area contributed by atoms with Crippen molar-refractivity contribution in [2.45, 2.75) is 38.0 Å². The van der Waals surface area contributed by atoms with Crippen molar-refractivity contribution in [3.8, 4) is 0 Å². The van der Waals surface area contributed by atoms with Crippen molar-refractivity contribution in [1.29, 1.82) is 0 Å². The van der Waals surface area contributed by atoms with E-state index in [1.165, 1.54) is 30.4 Å². The molecule has 114 valence electrons. The topological polar surface area (TPSA) is 29.1 Å². The summed E-state index contributed by atoms with van der Waals surface area (Å²) >= 11 is 0. The molecule has 22 heavy (non-hydrogen) atoms. The Balaban J connectivity index is 1.62. The van der Waals surface area contributed by atoms with E-state index in [-0.39, 0.29) is 11.3 Å². The molecule has 2 aromatic rings. The maximum atomic E-state index is 12.3. The van der Waals surface area contributed by atoms with Gasteiger partial charge in [0.05, 0.1) is 6.42 Å². The van der Waals surface area contributed by atoms with E-state index in [0.29, 0.717) is 6.42 Å². The van der Waals surface area contributed by atoms with Gasteiger partial charge in [0, 0.05) is 12.0 Å². The Morgan fingerprint density at radius 1 is 1.05 bits per heavy atom. The number of carbonyl (C=O) groups excluding carboxylic acids is 1. The molecule has 0 aromatic heterocycles. The van der Waals surface area contributed by atoms with Crippen LogP contribution in [0.5, 0.6) is 0 Å². The van der Waals surface area contributed by atoms with E-state index in [4.69, 9.17) is 0 Å². The van der Waals surface area contributed by atoms with Crippen LogP contribution in [-0.2, 0) is 16.6 Å². The van der Waals surface area contributed by atoms with Crippen molar-refractivity contribution >= 4 is 5.91 Å². The summed E-state index contributed by atoms with van der Waals surface area (Å²) in [6.07, 6.45) is 4.06. The Bertz CT molecular complexity index is 644. The molecule has 1 saturated carbocycles. The maximum Gasteiger partial charge on any atom is 0.224 e. The van der Waals surface area contributed by atoms with Gasteiger partial charge < -0.3 is 5.32 Å². The summed E-state index contributed by atoms with van der Waals surface area (Å²) < 4.78 is 0. The van der Waals surface area contributed by atoms with Gasteiger partial charge in [-0.3, -0.25) is 4.79 Å². The van der Waals surface area contributed by atoms with Gasteiger partial charge in [-0.2, -0.15) is 0 Å². The zero-order chi connectivity index (χ0) is 15.4. The quantitative estimate of drug-likeness (QED) is 0.893. The molecule has 0 bridgehead atoms. The minimum absolute atomic E-state index is 0.122. The van der Waals surface area contributed by atoms with Crippen LogP contribution in [0.4, 0.5) is 0 Å².